The van der Waals surface area contributed by atoms with Gasteiger partial charge in [0, 0.05) is 37.8 Å². The lowest BCUT2D eigenvalue weighted by Gasteiger charge is -2.26. The van der Waals surface area contributed by atoms with Crippen LogP contribution >= 0.6 is 0 Å². The van der Waals surface area contributed by atoms with Gasteiger partial charge in [-0.2, -0.15) is 0 Å². The molecule has 1 unspecified atom stereocenters. The van der Waals surface area contributed by atoms with Crippen molar-refractivity contribution in [3.05, 3.63) is 64.7 Å². The van der Waals surface area contributed by atoms with Crippen molar-refractivity contribution < 1.29 is 28.7 Å². The summed E-state index contributed by atoms with van der Waals surface area (Å²) in [6.07, 6.45) is 0. The van der Waals surface area contributed by atoms with Crippen LogP contribution in [0, 0.1) is 0 Å². The standard InChI is InChI=1S/C14H15N3O4.C10H11NO2.C2H6/c18-12-11(15-14(20)16-12)9-1-3-10(4-2-9)13(19)17-5-7-21-8-6-17;1-11-6-7-3-4-8(13-2)5-9(7)10(11)12;1-2/h1-4,11H,5-8H2,(H2,15,16,18,20);3-5H,6H2,1-2H3;1-2H3. The van der Waals surface area contributed by atoms with E-state index in [0.717, 1.165) is 16.9 Å². The maximum absolute atomic E-state index is 12.3. The molecule has 0 radical (unpaired) electrons. The molecule has 192 valence electrons. The van der Waals surface area contributed by atoms with E-state index in [0.29, 0.717) is 44.0 Å². The summed E-state index contributed by atoms with van der Waals surface area (Å²) in [5, 5.41) is 4.70. The van der Waals surface area contributed by atoms with E-state index in [-0.39, 0.29) is 17.7 Å². The molecule has 3 heterocycles. The van der Waals surface area contributed by atoms with Crippen molar-refractivity contribution in [3.8, 4) is 5.75 Å². The van der Waals surface area contributed by atoms with Gasteiger partial charge in [0.25, 0.3) is 17.7 Å². The number of carbonyl (C=O) groups excluding carboxylic acids is 4. The van der Waals surface area contributed by atoms with Crippen LogP contribution in [-0.4, -0.2) is 74.0 Å². The van der Waals surface area contributed by atoms with Gasteiger partial charge < -0.3 is 24.6 Å². The Hall–Kier alpha value is -3.92. The third-order valence-corrected chi connectivity index (χ3v) is 5.87. The molecule has 1 atom stereocenters. The molecule has 2 fully saturated rings. The molecule has 10 heteroatoms. The van der Waals surface area contributed by atoms with Crippen LogP contribution in [0.4, 0.5) is 4.79 Å². The number of ether oxygens (including phenoxy) is 2. The molecule has 10 nitrogen and oxygen atoms in total. The van der Waals surface area contributed by atoms with Crippen LogP contribution in [0.2, 0.25) is 0 Å². The highest BCUT2D eigenvalue weighted by atomic mass is 16.5. The summed E-state index contributed by atoms with van der Waals surface area (Å²) >= 11 is 0. The van der Waals surface area contributed by atoms with Crippen LogP contribution in [0.3, 0.4) is 0 Å². The highest BCUT2D eigenvalue weighted by Gasteiger charge is 2.31. The lowest BCUT2D eigenvalue weighted by Crippen LogP contribution is -2.40. The van der Waals surface area contributed by atoms with Crippen LogP contribution in [-0.2, 0) is 16.1 Å². The molecule has 3 aliphatic rings. The second kappa shape index (κ2) is 12.2. The molecule has 2 aromatic rings. The SMILES string of the molecule is CC.COc1ccc2c(c1)C(=O)N(C)C2.O=C1NC(=O)C(c2ccc(C(=O)N3CCOCC3)cc2)N1. The number of methoxy groups -OCH3 is 1. The maximum Gasteiger partial charge on any atom is 0.322 e. The second-order valence-corrected chi connectivity index (χ2v) is 8.11. The predicted octanol–water partition coefficient (Wildman–Crippen LogP) is 2.35. The molecule has 0 bridgehead atoms. The molecule has 5 amide bonds. The number of morpholine rings is 1. The average molecular weight is 497 g/mol. The van der Waals surface area contributed by atoms with Crippen molar-refractivity contribution in [2.24, 2.45) is 0 Å². The first-order valence-corrected chi connectivity index (χ1v) is 11.9. The Kier molecular flexibility index (Phi) is 9.02. The molecule has 0 saturated carbocycles. The molecule has 0 aliphatic carbocycles. The number of nitrogens with one attached hydrogen (secondary N) is 2. The van der Waals surface area contributed by atoms with Crippen LogP contribution in [0.1, 0.15) is 51.7 Å². The van der Waals surface area contributed by atoms with Crippen molar-refractivity contribution in [3.63, 3.8) is 0 Å². The van der Waals surface area contributed by atoms with E-state index in [1.165, 1.54) is 0 Å². The number of imide groups is 1. The van der Waals surface area contributed by atoms with Gasteiger partial charge >= 0.3 is 6.03 Å². The maximum atomic E-state index is 12.3. The Morgan fingerprint density at radius 2 is 1.69 bits per heavy atom. The number of amides is 5. The molecule has 2 saturated heterocycles. The summed E-state index contributed by atoms with van der Waals surface area (Å²) in [7, 11) is 3.40. The molecule has 3 aliphatic heterocycles. The van der Waals surface area contributed by atoms with Crippen LogP contribution in [0.25, 0.3) is 0 Å². The van der Waals surface area contributed by atoms with Gasteiger partial charge in [-0.25, -0.2) is 4.79 Å². The summed E-state index contributed by atoms with van der Waals surface area (Å²) in [5.41, 5.74) is 3.05. The molecule has 2 aromatic carbocycles. The summed E-state index contributed by atoms with van der Waals surface area (Å²) in [5.74, 6) is 0.383. The van der Waals surface area contributed by atoms with Gasteiger partial charge in [0.15, 0.2) is 0 Å². The van der Waals surface area contributed by atoms with Gasteiger partial charge in [-0.3, -0.25) is 19.7 Å². The summed E-state index contributed by atoms with van der Waals surface area (Å²) in [6.45, 7) is 6.98. The first-order valence-electron chi connectivity index (χ1n) is 11.9. The minimum atomic E-state index is -0.690. The quantitative estimate of drug-likeness (QED) is 0.630. The summed E-state index contributed by atoms with van der Waals surface area (Å²) in [6, 6.07) is 11.1. The number of urea groups is 1. The fourth-order valence-electron chi connectivity index (χ4n) is 3.97. The Balaban J connectivity index is 0.000000206. The zero-order chi connectivity index (χ0) is 26.2. The number of fused-ring (bicyclic) bond motifs is 1. The van der Waals surface area contributed by atoms with Gasteiger partial charge in [-0.1, -0.05) is 32.0 Å². The van der Waals surface area contributed by atoms with Crippen molar-refractivity contribution in [2.75, 3.05) is 40.5 Å². The molecule has 0 aromatic heterocycles. The first kappa shape index (κ1) is 26.7. The Morgan fingerprint density at radius 1 is 1.03 bits per heavy atom. The number of hydrogen-bond acceptors (Lipinski definition) is 6. The predicted molar refractivity (Wildman–Crippen MR) is 133 cm³/mol. The monoisotopic (exact) mass is 496 g/mol. The number of rotatable bonds is 3. The fourth-order valence-corrected chi connectivity index (χ4v) is 3.97. The molecule has 0 spiro atoms. The van der Waals surface area contributed by atoms with Gasteiger partial charge in [0.05, 0.1) is 20.3 Å². The van der Waals surface area contributed by atoms with E-state index >= 15 is 0 Å². The Labute approximate surface area is 210 Å². The molecule has 2 N–H and O–H groups in total. The van der Waals surface area contributed by atoms with Crippen molar-refractivity contribution in [1.82, 2.24) is 20.4 Å². The van der Waals surface area contributed by atoms with Crippen LogP contribution < -0.4 is 15.4 Å². The van der Waals surface area contributed by atoms with Crippen LogP contribution in [0.5, 0.6) is 5.75 Å². The van der Waals surface area contributed by atoms with Crippen molar-refractivity contribution in [2.45, 2.75) is 26.4 Å². The van der Waals surface area contributed by atoms with E-state index in [2.05, 4.69) is 10.6 Å². The van der Waals surface area contributed by atoms with E-state index in [1.54, 1.807) is 54.3 Å². The van der Waals surface area contributed by atoms with Gasteiger partial charge in [-0.05, 0) is 35.4 Å². The van der Waals surface area contributed by atoms with Gasteiger partial charge in [0.1, 0.15) is 11.8 Å². The zero-order valence-electron chi connectivity index (χ0n) is 21.0. The van der Waals surface area contributed by atoms with E-state index in [1.807, 2.05) is 26.0 Å². The Bertz CT molecular complexity index is 1110. The highest BCUT2D eigenvalue weighted by molar-refractivity contribution is 6.04. The summed E-state index contributed by atoms with van der Waals surface area (Å²) < 4.78 is 10.3. The number of nitrogens with zero attached hydrogens (tertiary/aromatic N) is 2. The van der Waals surface area contributed by atoms with Crippen molar-refractivity contribution in [1.29, 1.82) is 0 Å². The third kappa shape index (κ3) is 6.01. The number of hydrogen-bond donors (Lipinski definition) is 2. The van der Waals surface area contributed by atoms with E-state index in [4.69, 9.17) is 9.47 Å². The largest absolute Gasteiger partial charge is 0.497 e. The number of carbonyl (C=O) groups is 4. The van der Waals surface area contributed by atoms with Crippen LogP contribution in [0.15, 0.2) is 42.5 Å². The summed E-state index contributed by atoms with van der Waals surface area (Å²) in [4.78, 5) is 49.9. The zero-order valence-corrected chi connectivity index (χ0v) is 21.0. The van der Waals surface area contributed by atoms with Gasteiger partial charge in [-0.15, -0.1) is 0 Å². The Morgan fingerprint density at radius 3 is 2.28 bits per heavy atom. The van der Waals surface area contributed by atoms with E-state index < -0.39 is 12.1 Å². The smallest absolute Gasteiger partial charge is 0.322 e. The third-order valence-electron chi connectivity index (χ3n) is 5.87. The normalized spacial score (nSPS) is 18.2. The fraction of sp³-hybridized carbons (Fsp3) is 0.385. The minimum Gasteiger partial charge on any atom is -0.497 e. The van der Waals surface area contributed by atoms with Gasteiger partial charge in [0.2, 0.25) is 0 Å². The average Bonchev–Trinajstić information content (AvgIpc) is 3.41. The molecular weight excluding hydrogens is 464 g/mol. The first-order chi connectivity index (χ1) is 17.4. The van der Waals surface area contributed by atoms with Crippen molar-refractivity contribution >= 4 is 23.8 Å². The molecule has 5 rings (SSSR count). The number of benzene rings is 2. The highest BCUT2D eigenvalue weighted by Crippen LogP contribution is 2.25. The lowest BCUT2D eigenvalue weighted by molar-refractivity contribution is -0.120. The minimum absolute atomic E-state index is 0.0511. The van der Waals surface area contributed by atoms with E-state index in [9.17, 15) is 19.2 Å². The topological polar surface area (TPSA) is 117 Å². The molecule has 36 heavy (non-hydrogen) atoms. The molecular formula is C26H32N4O6. The lowest BCUT2D eigenvalue weighted by atomic mass is 10.0. The second-order valence-electron chi connectivity index (χ2n) is 8.11.